The van der Waals surface area contributed by atoms with Gasteiger partial charge in [-0.25, -0.2) is 17.8 Å². The normalized spacial score (nSPS) is 13.8. The number of halogens is 3. The van der Waals surface area contributed by atoms with Crippen molar-refractivity contribution >= 4 is 48.4 Å². The van der Waals surface area contributed by atoms with Crippen molar-refractivity contribution in [3.8, 4) is 0 Å². The summed E-state index contributed by atoms with van der Waals surface area (Å²) in [7, 11) is -3.01. The highest BCUT2D eigenvalue weighted by Gasteiger charge is 2.17. The second-order valence-electron chi connectivity index (χ2n) is 4.98. The maximum absolute atomic E-state index is 13.6. The highest BCUT2D eigenvalue weighted by atomic mass is 79.9. The number of alkyl halides is 1. The van der Waals surface area contributed by atoms with Crippen molar-refractivity contribution in [3.63, 3.8) is 0 Å². The van der Waals surface area contributed by atoms with Gasteiger partial charge in [-0.1, -0.05) is 0 Å². The molecule has 0 saturated carbocycles. The molecule has 0 N–H and O–H groups in total. The molecule has 0 aliphatic carbocycles. The van der Waals surface area contributed by atoms with Crippen LogP contribution >= 0.6 is 27.5 Å². The van der Waals surface area contributed by atoms with Gasteiger partial charge in [0.15, 0.2) is 0 Å². The van der Waals surface area contributed by atoms with Gasteiger partial charge in [0.05, 0.1) is 26.6 Å². The van der Waals surface area contributed by atoms with Crippen molar-refractivity contribution in [2.45, 2.75) is 25.3 Å². The van der Waals surface area contributed by atoms with E-state index in [0.29, 0.717) is 28.8 Å². The molecule has 0 amide bonds. The lowest BCUT2D eigenvalue weighted by Gasteiger charge is -2.10. The van der Waals surface area contributed by atoms with Gasteiger partial charge in [-0.2, -0.15) is 0 Å². The van der Waals surface area contributed by atoms with E-state index in [-0.39, 0.29) is 11.1 Å². The molecule has 0 aliphatic rings. The number of rotatable bonds is 5. The lowest BCUT2D eigenvalue weighted by atomic mass is 10.3. The topological polar surface area (TPSA) is 52.0 Å². The second-order valence-corrected chi connectivity index (χ2v) is 8.74. The fourth-order valence-corrected chi connectivity index (χ4v) is 3.31. The second kappa shape index (κ2) is 6.22. The first kappa shape index (κ1) is 16.7. The smallest absolute Gasteiger partial charge is 0.147 e. The fourth-order valence-electron chi connectivity index (χ4n) is 2.16. The molecule has 21 heavy (non-hydrogen) atoms. The summed E-state index contributed by atoms with van der Waals surface area (Å²) in [5, 5.41) is -0.350. The fraction of sp³-hybridized carbons (Fsp3) is 0.462. The summed E-state index contributed by atoms with van der Waals surface area (Å²) >= 11 is 9.27. The Morgan fingerprint density at radius 2 is 2.14 bits per heavy atom. The molecule has 116 valence electrons. The van der Waals surface area contributed by atoms with Crippen LogP contribution in [0.25, 0.3) is 11.0 Å². The molecule has 1 aromatic carbocycles. The summed E-state index contributed by atoms with van der Waals surface area (Å²) in [4.78, 5) is 4.35. The maximum Gasteiger partial charge on any atom is 0.147 e. The predicted octanol–water partition coefficient (Wildman–Crippen LogP) is 3.67. The first-order chi connectivity index (χ1) is 9.69. The van der Waals surface area contributed by atoms with Gasteiger partial charge in [0.1, 0.15) is 21.5 Å². The Hall–Kier alpha value is -0.660. The maximum atomic E-state index is 13.6. The number of sulfone groups is 1. The van der Waals surface area contributed by atoms with Crippen molar-refractivity contribution in [1.29, 1.82) is 0 Å². The zero-order chi connectivity index (χ0) is 15.8. The molecule has 0 radical (unpaired) electrons. The Morgan fingerprint density at radius 3 is 2.71 bits per heavy atom. The summed E-state index contributed by atoms with van der Waals surface area (Å²) in [6.07, 6.45) is 1.66. The quantitative estimate of drug-likeness (QED) is 0.723. The monoisotopic (exact) mass is 396 g/mol. The molecule has 0 saturated heterocycles. The van der Waals surface area contributed by atoms with Crippen LogP contribution in [0.1, 0.15) is 24.5 Å². The lowest BCUT2D eigenvalue weighted by molar-refractivity contribution is 0.590. The summed E-state index contributed by atoms with van der Waals surface area (Å²) in [5.41, 5.74) is 1.25. The Kier molecular flexibility index (Phi) is 4.95. The number of fused-ring (bicyclic) bond motifs is 1. The summed E-state index contributed by atoms with van der Waals surface area (Å²) in [5.74, 6) is 0.306. The standard InChI is InChI=1S/C13H15BrClFN2O2S/c1-8(15)13-17-11-7-10(16)9(14)6-12(11)18(13)4-3-5-21(2,19)20/h6-8H,3-5H2,1-2H3. The number of aryl methyl sites for hydroxylation is 1. The van der Waals surface area contributed by atoms with Gasteiger partial charge < -0.3 is 4.57 Å². The molecule has 1 heterocycles. The number of aromatic nitrogens is 2. The molecule has 1 unspecified atom stereocenters. The third-order valence-electron chi connectivity index (χ3n) is 3.07. The Labute approximate surface area is 136 Å². The molecule has 0 spiro atoms. The summed E-state index contributed by atoms with van der Waals surface area (Å²) in [6.45, 7) is 2.25. The molecular formula is C13H15BrClFN2O2S. The van der Waals surface area contributed by atoms with E-state index < -0.39 is 15.7 Å². The van der Waals surface area contributed by atoms with E-state index in [1.807, 2.05) is 4.57 Å². The van der Waals surface area contributed by atoms with Crippen LogP contribution in [0.3, 0.4) is 0 Å². The molecule has 0 bridgehead atoms. The van der Waals surface area contributed by atoms with Gasteiger partial charge in [-0.15, -0.1) is 11.6 Å². The van der Waals surface area contributed by atoms with Crippen LogP contribution in [0, 0.1) is 5.82 Å². The highest BCUT2D eigenvalue weighted by molar-refractivity contribution is 9.10. The van der Waals surface area contributed by atoms with Crippen LogP contribution in [-0.4, -0.2) is 30.0 Å². The van der Waals surface area contributed by atoms with Crippen molar-refractivity contribution in [2.75, 3.05) is 12.0 Å². The van der Waals surface area contributed by atoms with Gasteiger partial charge in [0.2, 0.25) is 0 Å². The van der Waals surface area contributed by atoms with Gasteiger partial charge in [0.25, 0.3) is 0 Å². The summed E-state index contributed by atoms with van der Waals surface area (Å²) < 4.78 is 38.2. The Morgan fingerprint density at radius 1 is 1.48 bits per heavy atom. The van der Waals surface area contributed by atoms with E-state index in [2.05, 4.69) is 20.9 Å². The van der Waals surface area contributed by atoms with E-state index >= 15 is 0 Å². The van der Waals surface area contributed by atoms with Crippen LogP contribution in [0.4, 0.5) is 4.39 Å². The van der Waals surface area contributed by atoms with Gasteiger partial charge in [0, 0.05) is 18.9 Å². The van der Waals surface area contributed by atoms with Gasteiger partial charge in [-0.05, 0) is 35.3 Å². The molecule has 0 fully saturated rings. The number of benzene rings is 1. The van der Waals surface area contributed by atoms with Crippen LogP contribution < -0.4 is 0 Å². The zero-order valence-corrected chi connectivity index (χ0v) is 14.8. The SMILES string of the molecule is CC(Cl)c1nc2cc(F)c(Br)cc2n1CCCS(C)(=O)=O. The van der Waals surface area contributed by atoms with E-state index in [1.165, 1.54) is 12.3 Å². The van der Waals surface area contributed by atoms with Crippen LogP contribution in [0.15, 0.2) is 16.6 Å². The van der Waals surface area contributed by atoms with Gasteiger partial charge >= 0.3 is 0 Å². The number of imidazole rings is 1. The number of hydrogen-bond acceptors (Lipinski definition) is 3. The number of hydrogen-bond donors (Lipinski definition) is 0. The molecule has 0 aliphatic heterocycles. The first-order valence-electron chi connectivity index (χ1n) is 6.36. The molecule has 4 nitrogen and oxygen atoms in total. The Balaban J connectivity index is 2.43. The first-order valence-corrected chi connectivity index (χ1v) is 9.65. The molecule has 2 rings (SSSR count). The number of nitrogens with zero attached hydrogens (tertiary/aromatic N) is 2. The van der Waals surface area contributed by atoms with E-state index in [1.54, 1.807) is 13.0 Å². The van der Waals surface area contributed by atoms with E-state index in [4.69, 9.17) is 11.6 Å². The van der Waals surface area contributed by atoms with E-state index in [0.717, 1.165) is 5.52 Å². The van der Waals surface area contributed by atoms with Crippen molar-refractivity contribution in [1.82, 2.24) is 9.55 Å². The minimum atomic E-state index is -3.01. The highest BCUT2D eigenvalue weighted by Crippen LogP contribution is 2.28. The van der Waals surface area contributed by atoms with Crippen LogP contribution in [0.5, 0.6) is 0 Å². The minimum absolute atomic E-state index is 0.0884. The van der Waals surface area contributed by atoms with Crippen LogP contribution in [0.2, 0.25) is 0 Å². The van der Waals surface area contributed by atoms with Crippen molar-refractivity contribution in [2.24, 2.45) is 0 Å². The molecule has 1 atom stereocenters. The third kappa shape index (κ3) is 3.96. The van der Waals surface area contributed by atoms with Crippen LogP contribution in [-0.2, 0) is 16.4 Å². The minimum Gasteiger partial charge on any atom is -0.327 e. The lowest BCUT2D eigenvalue weighted by Crippen LogP contribution is -2.10. The molecule has 2 aromatic rings. The predicted molar refractivity (Wildman–Crippen MR) is 86.0 cm³/mol. The molecular weight excluding hydrogens is 383 g/mol. The average molecular weight is 398 g/mol. The largest absolute Gasteiger partial charge is 0.327 e. The molecule has 1 aromatic heterocycles. The van der Waals surface area contributed by atoms with Crippen molar-refractivity contribution in [3.05, 3.63) is 28.2 Å². The molecule has 8 heteroatoms. The van der Waals surface area contributed by atoms with Crippen molar-refractivity contribution < 1.29 is 12.8 Å². The van der Waals surface area contributed by atoms with E-state index in [9.17, 15) is 12.8 Å². The third-order valence-corrected chi connectivity index (χ3v) is 4.91. The summed E-state index contributed by atoms with van der Waals surface area (Å²) in [6, 6.07) is 2.98. The average Bonchev–Trinajstić information content (AvgIpc) is 2.67. The Bertz CT molecular complexity index is 774. The van der Waals surface area contributed by atoms with Gasteiger partial charge in [-0.3, -0.25) is 0 Å². The zero-order valence-electron chi connectivity index (χ0n) is 11.6.